The Balaban J connectivity index is 1.96. The van der Waals surface area contributed by atoms with Gasteiger partial charge in [-0.25, -0.2) is 17.7 Å². The summed E-state index contributed by atoms with van der Waals surface area (Å²) >= 11 is 0. The first-order chi connectivity index (χ1) is 14.0. The first kappa shape index (κ1) is 23.2. The molecule has 1 heterocycles. The largest absolute Gasteiger partial charge is 0.489 e. The first-order valence-corrected chi connectivity index (χ1v) is 11.9. The minimum absolute atomic E-state index is 0.202. The zero-order valence-electron chi connectivity index (χ0n) is 17.6. The lowest BCUT2D eigenvalue weighted by atomic mass is 10.1. The second kappa shape index (κ2) is 11.8. The van der Waals surface area contributed by atoms with E-state index in [0.29, 0.717) is 32.7 Å². The number of ether oxygens (including phenoxy) is 1. The highest BCUT2D eigenvalue weighted by Gasteiger charge is 2.27. The maximum Gasteiger partial charge on any atom is 0.214 e. The molecule has 0 radical (unpaired) electrons. The van der Waals surface area contributed by atoms with Gasteiger partial charge in [0.05, 0.1) is 12.3 Å². The Labute approximate surface area is 175 Å². The van der Waals surface area contributed by atoms with Crippen LogP contribution in [0.2, 0.25) is 0 Å². The summed E-state index contributed by atoms with van der Waals surface area (Å²) in [5.41, 5.74) is 1.01. The third kappa shape index (κ3) is 7.36. The lowest BCUT2D eigenvalue weighted by Gasteiger charge is -2.32. The zero-order valence-corrected chi connectivity index (χ0v) is 18.4. The molecule has 1 aliphatic heterocycles. The molecule has 1 aromatic carbocycles. The number of nitrogens with zero attached hydrogens (tertiary/aromatic N) is 2. The van der Waals surface area contributed by atoms with Crippen molar-refractivity contribution >= 4 is 16.0 Å². The van der Waals surface area contributed by atoms with Gasteiger partial charge in [-0.1, -0.05) is 37.8 Å². The van der Waals surface area contributed by atoms with E-state index in [4.69, 9.17) is 9.73 Å². The molecule has 7 nitrogen and oxygen atoms in total. The molecule has 1 aromatic rings. The summed E-state index contributed by atoms with van der Waals surface area (Å²) in [6.07, 6.45) is 3.91. The van der Waals surface area contributed by atoms with Gasteiger partial charge in [-0.3, -0.25) is 0 Å². The van der Waals surface area contributed by atoms with Crippen molar-refractivity contribution in [3.63, 3.8) is 0 Å². The summed E-state index contributed by atoms with van der Waals surface area (Å²) < 4.78 is 31.8. The predicted molar refractivity (Wildman–Crippen MR) is 119 cm³/mol. The van der Waals surface area contributed by atoms with Crippen LogP contribution < -0.4 is 15.4 Å². The molecule has 0 aromatic heterocycles. The van der Waals surface area contributed by atoms with Crippen LogP contribution in [0.3, 0.4) is 0 Å². The van der Waals surface area contributed by atoms with E-state index in [-0.39, 0.29) is 11.8 Å². The van der Waals surface area contributed by atoms with Crippen LogP contribution in [0.25, 0.3) is 0 Å². The van der Waals surface area contributed by atoms with E-state index in [1.807, 2.05) is 38.1 Å². The molecule has 1 aliphatic rings. The highest BCUT2D eigenvalue weighted by Crippen LogP contribution is 2.19. The van der Waals surface area contributed by atoms with Crippen molar-refractivity contribution in [1.29, 1.82) is 0 Å². The molecule has 0 saturated carbocycles. The SMILES string of the molecule is C=CCOc1ccccc1CN=C(NCC)NC1CCN(S(=O)(=O)CCC)CC1. The number of guanidine groups is 1. The van der Waals surface area contributed by atoms with Crippen molar-refractivity contribution in [1.82, 2.24) is 14.9 Å². The number of piperidine rings is 1. The molecule has 29 heavy (non-hydrogen) atoms. The Morgan fingerprint density at radius 2 is 2.03 bits per heavy atom. The Kier molecular flexibility index (Phi) is 9.47. The van der Waals surface area contributed by atoms with Crippen molar-refractivity contribution in [2.75, 3.05) is 32.0 Å². The summed E-state index contributed by atoms with van der Waals surface area (Å²) in [4.78, 5) is 4.70. The highest BCUT2D eigenvalue weighted by molar-refractivity contribution is 7.89. The lowest BCUT2D eigenvalue weighted by molar-refractivity contribution is 0.306. The van der Waals surface area contributed by atoms with Crippen LogP contribution in [0, 0.1) is 0 Å². The molecule has 0 unspecified atom stereocenters. The topological polar surface area (TPSA) is 83.0 Å². The summed E-state index contributed by atoms with van der Waals surface area (Å²) in [7, 11) is -3.12. The van der Waals surface area contributed by atoms with Crippen molar-refractivity contribution in [2.24, 2.45) is 4.99 Å². The van der Waals surface area contributed by atoms with Crippen LogP contribution in [-0.2, 0) is 16.6 Å². The molecule has 1 saturated heterocycles. The Hall–Kier alpha value is -2.06. The molecule has 0 atom stereocenters. The number of para-hydroxylation sites is 1. The van der Waals surface area contributed by atoms with Gasteiger partial charge in [-0.05, 0) is 32.3 Å². The Morgan fingerprint density at radius 3 is 2.69 bits per heavy atom. The highest BCUT2D eigenvalue weighted by atomic mass is 32.2. The molecule has 162 valence electrons. The normalized spacial score (nSPS) is 16.4. The van der Waals surface area contributed by atoms with Gasteiger partial charge in [0.15, 0.2) is 5.96 Å². The van der Waals surface area contributed by atoms with Crippen molar-refractivity contribution in [3.8, 4) is 5.75 Å². The smallest absolute Gasteiger partial charge is 0.214 e. The molecule has 8 heteroatoms. The zero-order chi connectivity index (χ0) is 21.1. The fraction of sp³-hybridized carbons (Fsp3) is 0.571. The Bertz CT molecular complexity index is 772. The van der Waals surface area contributed by atoms with E-state index >= 15 is 0 Å². The maximum atomic E-state index is 12.2. The quantitative estimate of drug-likeness (QED) is 0.344. The van der Waals surface area contributed by atoms with E-state index in [9.17, 15) is 8.42 Å². The van der Waals surface area contributed by atoms with Gasteiger partial charge < -0.3 is 15.4 Å². The lowest BCUT2D eigenvalue weighted by Crippen LogP contribution is -2.50. The Morgan fingerprint density at radius 1 is 1.31 bits per heavy atom. The van der Waals surface area contributed by atoms with Gasteiger partial charge in [0.25, 0.3) is 0 Å². The fourth-order valence-corrected chi connectivity index (χ4v) is 4.81. The van der Waals surface area contributed by atoms with E-state index in [2.05, 4.69) is 17.2 Å². The molecule has 0 aliphatic carbocycles. The fourth-order valence-electron chi connectivity index (χ4n) is 3.27. The number of hydrogen-bond donors (Lipinski definition) is 2. The summed E-state index contributed by atoms with van der Waals surface area (Å²) in [5, 5.41) is 6.73. The first-order valence-electron chi connectivity index (χ1n) is 10.3. The number of sulfonamides is 1. The van der Waals surface area contributed by atoms with Gasteiger partial charge in [0, 0.05) is 31.2 Å². The number of nitrogens with one attached hydrogen (secondary N) is 2. The third-order valence-electron chi connectivity index (χ3n) is 4.73. The van der Waals surface area contributed by atoms with Crippen LogP contribution in [0.1, 0.15) is 38.7 Å². The van der Waals surface area contributed by atoms with E-state index in [1.54, 1.807) is 10.4 Å². The molecule has 2 N–H and O–H groups in total. The second-order valence-electron chi connectivity index (χ2n) is 7.04. The van der Waals surface area contributed by atoms with Gasteiger partial charge in [0.2, 0.25) is 10.0 Å². The summed E-state index contributed by atoms with van der Waals surface area (Å²) in [6.45, 7) is 10.4. The van der Waals surface area contributed by atoms with Crippen LogP contribution in [0.15, 0.2) is 41.9 Å². The van der Waals surface area contributed by atoms with Gasteiger partial charge in [-0.2, -0.15) is 0 Å². The number of benzene rings is 1. The van der Waals surface area contributed by atoms with Crippen molar-refractivity contribution < 1.29 is 13.2 Å². The number of hydrogen-bond acceptors (Lipinski definition) is 4. The molecule has 0 amide bonds. The number of rotatable bonds is 10. The standard InChI is InChI=1S/C21H34N4O3S/c1-4-15-28-20-10-8-7-9-18(20)17-23-21(22-6-3)24-19-11-13-25(14-12-19)29(26,27)16-5-2/h4,7-10,19H,1,5-6,11-17H2,2-3H3,(H2,22,23,24). The van der Waals surface area contributed by atoms with Crippen LogP contribution >= 0.6 is 0 Å². The summed E-state index contributed by atoms with van der Waals surface area (Å²) in [6, 6.07) is 8.05. The average molecular weight is 423 g/mol. The van der Waals surface area contributed by atoms with Crippen molar-refractivity contribution in [3.05, 3.63) is 42.5 Å². The molecular formula is C21H34N4O3S. The van der Waals surface area contributed by atoms with Crippen LogP contribution in [0.5, 0.6) is 5.75 Å². The third-order valence-corrected chi connectivity index (χ3v) is 6.81. The molecule has 2 rings (SSSR count). The minimum atomic E-state index is -3.12. The van der Waals surface area contributed by atoms with Gasteiger partial charge >= 0.3 is 0 Å². The minimum Gasteiger partial charge on any atom is -0.489 e. The van der Waals surface area contributed by atoms with Crippen molar-refractivity contribution in [2.45, 2.75) is 45.7 Å². The predicted octanol–water partition coefficient (Wildman–Crippen LogP) is 2.51. The second-order valence-corrected chi connectivity index (χ2v) is 9.12. The number of aliphatic imine (C=N–C) groups is 1. The van der Waals surface area contributed by atoms with Gasteiger partial charge in [0.1, 0.15) is 12.4 Å². The van der Waals surface area contributed by atoms with Crippen LogP contribution in [0.4, 0.5) is 0 Å². The van der Waals surface area contributed by atoms with E-state index in [1.165, 1.54) is 0 Å². The van der Waals surface area contributed by atoms with Crippen LogP contribution in [-0.4, -0.2) is 56.7 Å². The van der Waals surface area contributed by atoms with E-state index in [0.717, 1.165) is 36.7 Å². The van der Waals surface area contributed by atoms with E-state index < -0.39 is 10.0 Å². The van der Waals surface area contributed by atoms with Gasteiger partial charge in [-0.15, -0.1) is 0 Å². The average Bonchev–Trinajstić information content (AvgIpc) is 2.71. The molecule has 0 spiro atoms. The molecule has 1 fully saturated rings. The summed E-state index contributed by atoms with van der Waals surface area (Å²) in [5.74, 6) is 1.77. The monoisotopic (exact) mass is 422 g/mol. The molecular weight excluding hydrogens is 388 g/mol. The molecule has 0 bridgehead atoms. The maximum absolute atomic E-state index is 12.2.